The van der Waals surface area contributed by atoms with Crippen LogP contribution in [0.15, 0.2) is 18.2 Å². The standard InChI is InChI=1S/C12H18N2/c1-9-4-2-5-10-8-11(6-3-7-13)14-12(9)10/h2,4-5,11,14H,3,6-8,13H2,1H3. The molecular weight excluding hydrogens is 172 g/mol. The summed E-state index contributed by atoms with van der Waals surface area (Å²) in [4.78, 5) is 0. The number of benzene rings is 1. The minimum atomic E-state index is 0.606. The number of para-hydroxylation sites is 1. The average Bonchev–Trinajstić information content (AvgIpc) is 2.59. The fourth-order valence-corrected chi connectivity index (χ4v) is 2.16. The highest BCUT2D eigenvalue weighted by Gasteiger charge is 2.20. The Balaban J connectivity index is 2.06. The number of rotatable bonds is 3. The number of nitrogens with two attached hydrogens (primary N) is 1. The molecular formula is C12H18N2. The molecule has 1 unspecified atom stereocenters. The fourth-order valence-electron chi connectivity index (χ4n) is 2.16. The van der Waals surface area contributed by atoms with Gasteiger partial charge in [-0.15, -0.1) is 0 Å². The van der Waals surface area contributed by atoms with Gasteiger partial charge in [-0.2, -0.15) is 0 Å². The Labute approximate surface area is 85.5 Å². The third kappa shape index (κ3) is 1.75. The van der Waals surface area contributed by atoms with Crippen molar-refractivity contribution in [2.45, 2.75) is 32.2 Å². The first-order chi connectivity index (χ1) is 6.81. The maximum Gasteiger partial charge on any atom is 0.0405 e. The van der Waals surface area contributed by atoms with E-state index in [9.17, 15) is 0 Å². The van der Waals surface area contributed by atoms with Crippen LogP contribution >= 0.6 is 0 Å². The second-order valence-electron chi connectivity index (χ2n) is 4.09. The van der Waals surface area contributed by atoms with E-state index >= 15 is 0 Å². The van der Waals surface area contributed by atoms with Crippen LogP contribution in [0, 0.1) is 6.92 Å². The zero-order valence-corrected chi connectivity index (χ0v) is 8.72. The molecule has 0 spiro atoms. The molecule has 0 saturated heterocycles. The van der Waals surface area contributed by atoms with Crippen molar-refractivity contribution in [3.63, 3.8) is 0 Å². The minimum Gasteiger partial charge on any atom is -0.382 e. The first-order valence-electron chi connectivity index (χ1n) is 5.36. The lowest BCUT2D eigenvalue weighted by Crippen LogP contribution is -2.17. The van der Waals surface area contributed by atoms with Crippen LogP contribution in [0.3, 0.4) is 0 Å². The maximum absolute atomic E-state index is 5.51. The topological polar surface area (TPSA) is 38.0 Å². The van der Waals surface area contributed by atoms with E-state index in [0.717, 1.165) is 19.4 Å². The molecule has 0 aliphatic carbocycles. The molecule has 1 aliphatic rings. The van der Waals surface area contributed by atoms with E-state index in [1.54, 1.807) is 0 Å². The molecule has 2 nitrogen and oxygen atoms in total. The lowest BCUT2D eigenvalue weighted by Gasteiger charge is -2.10. The van der Waals surface area contributed by atoms with Gasteiger partial charge in [0, 0.05) is 11.7 Å². The second kappa shape index (κ2) is 4.01. The van der Waals surface area contributed by atoms with Gasteiger partial charge in [0.15, 0.2) is 0 Å². The number of nitrogens with one attached hydrogen (secondary N) is 1. The van der Waals surface area contributed by atoms with Crippen LogP contribution in [0.1, 0.15) is 24.0 Å². The normalized spacial score (nSPS) is 19.1. The van der Waals surface area contributed by atoms with Crippen molar-refractivity contribution in [2.75, 3.05) is 11.9 Å². The predicted molar refractivity (Wildman–Crippen MR) is 60.6 cm³/mol. The summed E-state index contributed by atoms with van der Waals surface area (Å²) in [6.07, 6.45) is 3.46. The quantitative estimate of drug-likeness (QED) is 0.765. The molecule has 0 bridgehead atoms. The highest BCUT2D eigenvalue weighted by molar-refractivity contribution is 5.61. The molecule has 3 N–H and O–H groups in total. The van der Waals surface area contributed by atoms with E-state index < -0.39 is 0 Å². The van der Waals surface area contributed by atoms with Crippen LogP contribution in [0.25, 0.3) is 0 Å². The summed E-state index contributed by atoms with van der Waals surface area (Å²) in [6, 6.07) is 7.13. The van der Waals surface area contributed by atoms with Gasteiger partial charge in [0.05, 0.1) is 0 Å². The molecule has 1 atom stereocenters. The lowest BCUT2D eigenvalue weighted by molar-refractivity contribution is 0.639. The predicted octanol–water partition coefficient (Wildman–Crippen LogP) is 2.07. The third-order valence-corrected chi connectivity index (χ3v) is 2.93. The summed E-state index contributed by atoms with van der Waals surface area (Å²) in [6.45, 7) is 2.96. The molecule has 1 aromatic carbocycles. The monoisotopic (exact) mass is 190 g/mol. The molecule has 0 aromatic heterocycles. The summed E-state index contributed by atoms with van der Waals surface area (Å²) < 4.78 is 0. The zero-order chi connectivity index (χ0) is 9.97. The number of fused-ring (bicyclic) bond motifs is 1. The Bertz CT molecular complexity index is 320. The van der Waals surface area contributed by atoms with Crippen LogP contribution in [0.5, 0.6) is 0 Å². The van der Waals surface area contributed by atoms with Crippen LogP contribution in [-0.4, -0.2) is 12.6 Å². The molecule has 1 aliphatic heterocycles. The van der Waals surface area contributed by atoms with Crippen molar-refractivity contribution in [3.8, 4) is 0 Å². The van der Waals surface area contributed by atoms with Crippen molar-refractivity contribution in [1.29, 1.82) is 0 Å². The van der Waals surface area contributed by atoms with Gasteiger partial charge in [-0.05, 0) is 43.9 Å². The third-order valence-electron chi connectivity index (χ3n) is 2.93. The molecule has 14 heavy (non-hydrogen) atoms. The molecule has 2 rings (SSSR count). The Morgan fingerprint density at radius 1 is 1.50 bits per heavy atom. The van der Waals surface area contributed by atoms with E-state index in [1.807, 2.05) is 0 Å². The summed E-state index contributed by atoms with van der Waals surface area (Å²) in [5.41, 5.74) is 9.69. The first-order valence-corrected chi connectivity index (χ1v) is 5.36. The first kappa shape index (κ1) is 9.53. The molecule has 76 valence electrons. The Hall–Kier alpha value is -1.02. The molecule has 0 fully saturated rings. The molecule has 0 radical (unpaired) electrons. The largest absolute Gasteiger partial charge is 0.382 e. The summed E-state index contributed by atoms with van der Waals surface area (Å²) in [5.74, 6) is 0. The van der Waals surface area contributed by atoms with Crippen molar-refractivity contribution in [3.05, 3.63) is 29.3 Å². The second-order valence-corrected chi connectivity index (χ2v) is 4.09. The minimum absolute atomic E-state index is 0.606. The van der Waals surface area contributed by atoms with Crippen LogP contribution in [0.2, 0.25) is 0 Å². The van der Waals surface area contributed by atoms with Crippen LogP contribution < -0.4 is 11.1 Å². The van der Waals surface area contributed by atoms with Gasteiger partial charge >= 0.3 is 0 Å². The average molecular weight is 190 g/mol. The lowest BCUT2D eigenvalue weighted by atomic mass is 10.1. The van der Waals surface area contributed by atoms with Crippen molar-refractivity contribution in [2.24, 2.45) is 5.73 Å². The summed E-state index contributed by atoms with van der Waals surface area (Å²) in [5, 5.41) is 3.58. The smallest absolute Gasteiger partial charge is 0.0405 e. The van der Waals surface area contributed by atoms with Crippen molar-refractivity contribution < 1.29 is 0 Å². The van der Waals surface area contributed by atoms with E-state index in [1.165, 1.54) is 23.2 Å². The number of hydrogen-bond acceptors (Lipinski definition) is 2. The highest BCUT2D eigenvalue weighted by atomic mass is 14.9. The fraction of sp³-hybridized carbons (Fsp3) is 0.500. The maximum atomic E-state index is 5.51. The van der Waals surface area contributed by atoms with Gasteiger partial charge in [-0.3, -0.25) is 0 Å². The summed E-state index contributed by atoms with van der Waals surface area (Å²) in [7, 11) is 0. The van der Waals surface area contributed by atoms with Gasteiger partial charge in [0.2, 0.25) is 0 Å². The molecule has 0 amide bonds. The van der Waals surface area contributed by atoms with Crippen LogP contribution in [-0.2, 0) is 6.42 Å². The van der Waals surface area contributed by atoms with E-state index in [0.29, 0.717) is 6.04 Å². The molecule has 1 aromatic rings. The van der Waals surface area contributed by atoms with Gasteiger partial charge in [0.1, 0.15) is 0 Å². The van der Waals surface area contributed by atoms with E-state index in [2.05, 4.69) is 30.4 Å². The zero-order valence-electron chi connectivity index (χ0n) is 8.72. The summed E-state index contributed by atoms with van der Waals surface area (Å²) >= 11 is 0. The van der Waals surface area contributed by atoms with Gasteiger partial charge in [-0.25, -0.2) is 0 Å². The number of anilines is 1. The number of hydrogen-bond donors (Lipinski definition) is 2. The van der Waals surface area contributed by atoms with Gasteiger partial charge < -0.3 is 11.1 Å². The molecule has 1 heterocycles. The Morgan fingerprint density at radius 2 is 2.36 bits per heavy atom. The van der Waals surface area contributed by atoms with Gasteiger partial charge in [-0.1, -0.05) is 18.2 Å². The SMILES string of the molecule is Cc1cccc2c1NC(CCCN)C2. The van der Waals surface area contributed by atoms with E-state index in [-0.39, 0.29) is 0 Å². The van der Waals surface area contributed by atoms with Crippen molar-refractivity contribution in [1.82, 2.24) is 0 Å². The molecule has 2 heteroatoms. The van der Waals surface area contributed by atoms with E-state index in [4.69, 9.17) is 5.73 Å². The van der Waals surface area contributed by atoms with Crippen molar-refractivity contribution >= 4 is 5.69 Å². The number of aryl methyl sites for hydroxylation is 1. The van der Waals surface area contributed by atoms with Crippen LogP contribution in [0.4, 0.5) is 5.69 Å². The van der Waals surface area contributed by atoms with Gasteiger partial charge in [0.25, 0.3) is 0 Å². The Kier molecular flexibility index (Phi) is 2.73. The highest BCUT2D eigenvalue weighted by Crippen LogP contribution is 2.30. The molecule has 0 saturated carbocycles. The Morgan fingerprint density at radius 3 is 3.07 bits per heavy atom.